The maximum atomic E-state index is 13.6. The minimum absolute atomic E-state index is 0.0634. The van der Waals surface area contributed by atoms with Crippen LogP contribution in [0.15, 0.2) is 16.6 Å². The summed E-state index contributed by atoms with van der Waals surface area (Å²) < 4.78 is 54.0. The lowest BCUT2D eigenvalue weighted by atomic mass is 10.2. The Balaban J connectivity index is 2.02. The molecular formula is C23H33BrF3N3O3Si. The van der Waals surface area contributed by atoms with Crippen molar-refractivity contribution in [1.29, 1.82) is 0 Å². The molecule has 34 heavy (non-hydrogen) atoms. The minimum Gasteiger partial charge on any atom is -0.444 e. The number of carbonyl (C=O) groups is 1. The summed E-state index contributed by atoms with van der Waals surface area (Å²) in [5, 5.41) is 0. The molecule has 1 aliphatic heterocycles. The molecule has 2 aromatic rings. The van der Waals surface area contributed by atoms with E-state index in [1.807, 2.05) is 0 Å². The Morgan fingerprint density at radius 2 is 1.91 bits per heavy atom. The van der Waals surface area contributed by atoms with E-state index in [9.17, 15) is 18.0 Å². The first kappa shape index (κ1) is 27.0. The molecule has 1 aromatic heterocycles. The summed E-state index contributed by atoms with van der Waals surface area (Å²) in [6, 6.07) is 3.01. The van der Waals surface area contributed by atoms with Gasteiger partial charge in [0.25, 0.3) is 0 Å². The fourth-order valence-corrected chi connectivity index (χ4v) is 5.19. The standard InChI is InChI=1S/C23H33BrF3N3O3Si/c1-22(2,3)33-21(31)29-9-7-8-18(29)20-28-17-13-16(24)15(23(25,26)27)12-19(17)30(20)14-32-10-11-34(4,5)6/h12-13,18H,7-11,14H2,1-6H3/t18-/m0/s1. The molecule has 0 aliphatic carbocycles. The fraction of sp³-hybridized carbons (Fsp3) is 0.652. The van der Waals surface area contributed by atoms with Gasteiger partial charge in [0.2, 0.25) is 0 Å². The van der Waals surface area contributed by atoms with Gasteiger partial charge in [0, 0.05) is 25.7 Å². The Labute approximate surface area is 207 Å². The van der Waals surface area contributed by atoms with E-state index in [1.54, 1.807) is 30.2 Å². The van der Waals surface area contributed by atoms with E-state index in [4.69, 9.17) is 9.47 Å². The molecule has 6 nitrogen and oxygen atoms in total. The first-order chi connectivity index (χ1) is 15.6. The Hall–Kier alpha value is -1.59. The molecule has 1 saturated heterocycles. The van der Waals surface area contributed by atoms with Crippen molar-refractivity contribution in [3.8, 4) is 0 Å². The molecule has 2 heterocycles. The van der Waals surface area contributed by atoms with Crippen LogP contribution in [0.5, 0.6) is 0 Å². The van der Waals surface area contributed by atoms with Crippen LogP contribution in [-0.2, 0) is 22.4 Å². The second-order valence-electron chi connectivity index (χ2n) is 10.9. The number of fused-ring (bicyclic) bond motifs is 1. The maximum absolute atomic E-state index is 13.6. The largest absolute Gasteiger partial charge is 0.444 e. The summed E-state index contributed by atoms with van der Waals surface area (Å²) >= 11 is 3.04. The smallest absolute Gasteiger partial charge is 0.417 e. The molecular weight excluding hydrogens is 531 g/mol. The van der Waals surface area contributed by atoms with Crippen LogP contribution in [0.1, 0.15) is 51.0 Å². The first-order valence-electron chi connectivity index (χ1n) is 11.4. The highest BCUT2D eigenvalue weighted by Crippen LogP contribution is 2.40. The Morgan fingerprint density at radius 1 is 1.24 bits per heavy atom. The number of hydrogen-bond acceptors (Lipinski definition) is 4. The second-order valence-corrected chi connectivity index (χ2v) is 17.4. The van der Waals surface area contributed by atoms with Crippen molar-refractivity contribution in [3.05, 3.63) is 28.0 Å². The van der Waals surface area contributed by atoms with E-state index in [0.717, 1.165) is 18.5 Å². The minimum atomic E-state index is -4.52. The molecule has 0 unspecified atom stereocenters. The number of alkyl halides is 3. The van der Waals surface area contributed by atoms with Crippen LogP contribution >= 0.6 is 15.9 Å². The van der Waals surface area contributed by atoms with Crippen LogP contribution in [0.3, 0.4) is 0 Å². The highest BCUT2D eigenvalue weighted by atomic mass is 79.9. The van der Waals surface area contributed by atoms with Crippen LogP contribution in [0.4, 0.5) is 18.0 Å². The number of benzene rings is 1. The summed E-state index contributed by atoms with van der Waals surface area (Å²) in [6.45, 7) is 13.2. The van der Waals surface area contributed by atoms with Crippen molar-refractivity contribution in [1.82, 2.24) is 14.5 Å². The molecule has 0 spiro atoms. The fourth-order valence-electron chi connectivity index (χ4n) is 3.88. The van der Waals surface area contributed by atoms with Gasteiger partial charge in [-0.25, -0.2) is 9.78 Å². The topological polar surface area (TPSA) is 56.6 Å². The number of hydrogen-bond donors (Lipinski definition) is 0. The number of amides is 1. The normalized spacial score (nSPS) is 17.6. The van der Waals surface area contributed by atoms with Crippen molar-refractivity contribution >= 4 is 41.1 Å². The second kappa shape index (κ2) is 9.81. The molecule has 190 valence electrons. The van der Waals surface area contributed by atoms with Gasteiger partial charge in [0.15, 0.2) is 0 Å². The summed E-state index contributed by atoms with van der Waals surface area (Å²) in [5.41, 5.74) is -0.684. The van der Waals surface area contributed by atoms with Crippen molar-refractivity contribution in [2.45, 2.75) is 83.8 Å². The molecule has 1 aliphatic rings. The molecule has 0 N–H and O–H groups in total. The van der Waals surface area contributed by atoms with Crippen molar-refractivity contribution in [2.24, 2.45) is 0 Å². The molecule has 0 radical (unpaired) electrons. The number of rotatable bonds is 6. The Kier molecular flexibility index (Phi) is 7.79. The molecule has 1 atom stereocenters. The zero-order valence-corrected chi connectivity index (χ0v) is 23.1. The average Bonchev–Trinajstić information content (AvgIpc) is 3.26. The zero-order valence-electron chi connectivity index (χ0n) is 20.6. The van der Waals surface area contributed by atoms with Crippen LogP contribution in [0, 0.1) is 0 Å². The highest BCUT2D eigenvalue weighted by Gasteiger charge is 2.38. The number of ether oxygens (including phenoxy) is 2. The third-order valence-corrected chi connectivity index (χ3v) is 7.93. The lowest BCUT2D eigenvalue weighted by Gasteiger charge is -2.28. The number of carbonyl (C=O) groups excluding carboxylic acids is 1. The lowest BCUT2D eigenvalue weighted by Crippen LogP contribution is -2.37. The molecule has 11 heteroatoms. The van der Waals surface area contributed by atoms with Gasteiger partial charge in [0.05, 0.1) is 22.6 Å². The van der Waals surface area contributed by atoms with E-state index < -0.39 is 37.5 Å². The monoisotopic (exact) mass is 563 g/mol. The van der Waals surface area contributed by atoms with Crippen molar-refractivity contribution < 1.29 is 27.4 Å². The van der Waals surface area contributed by atoms with E-state index in [2.05, 4.69) is 40.6 Å². The molecule has 0 saturated carbocycles. The average molecular weight is 565 g/mol. The zero-order chi connectivity index (χ0) is 25.5. The number of halogens is 4. The van der Waals surface area contributed by atoms with E-state index >= 15 is 0 Å². The van der Waals surface area contributed by atoms with Crippen molar-refractivity contribution in [2.75, 3.05) is 13.2 Å². The molecule has 0 bridgehead atoms. The first-order valence-corrected chi connectivity index (χ1v) is 15.9. The number of imidazole rings is 1. The van der Waals surface area contributed by atoms with Crippen LogP contribution in [0.25, 0.3) is 11.0 Å². The van der Waals surface area contributed by atoms with Gasteiger partial charge < -0.3 is 14.0 Å². The maximum Gasteiger partial charge on any atom is 0.417 e. The highest BCUT2D eigenvalue weighted by molar-refractivity contribution is 9.10. The summed E-state index contributed by atoms with van der Waals surface area (Å²) in [5.74, 6) is 0.512. The van der Waals surface area contributed by atoms with Gasteiger partial charge in [-0.1, -0.05) is 35.6 Å². The van der Waals surface area contributed by atoms with E-state index in [1.165, 1.54) is 6.07 Å². The predicted molar refractivity (Wildman–Crippen MR) is 131 cm³/mol. The van der Waals surface area contributed by atoms with Crippen LogP contribution in [-0.4, -0.2) is 47.4 Å². The van der Waals surface area contributed by atoms with Gasteiger partial charge in [-0.2, -0.15) is 13.2 Å². The van der Waals surface area contributed by atoms with Gasteiger partial charge in [-0.15, -0.1) is 0 Å². The summed E-state index contributed by atoms with van der Waals surface area (Å²) in [4.78, 5) is 19.2. The quantitative estimate of drug-likeness (QED) is 0.275. The van der Waals surface area contributed by atoms with Gasteiger partial charge in [0.1, 0.15) is 18.2 Å². The number of aromatic nitrogens is 2. The van der Waals surface area contributed by atoms with Crippen LogP contribution < -0.4 is 0 Å². The Bertz CT molecular complexity index is 1040. The lowest BCUT2D eigenvalue weighted by molar-refractivity contribution is -0.138. The van der Waals surface area contributed by atoms with Crippen LogP contribution in [0.2, 0.25) is 25.7 Å². The molecule has 1 fully saturated rings. The van der Waals surface area contributed by atoms with Crippen molar-refractivity contribution in [3.63, 3.8) is 0 Å². The number of nitrogens with zero attached hydrogens (tertiary/aromatic N) is 3. The van der Waals surface area contributed by atoms with Gasteiger partial charge in [-0.05, 0) is 51.8 Å². The third-order valence-electron chi connectivity index (χ3n) is 5.57. The molecule has 1 aromatic carbocycles. The van der Waals surface area contributed by atoms with E-state index in [-0.39, 0.29) is 11.2 Å². The SMILES string of the molecule is CC(C)(C)OC(=O)N1CCC[C@H]1c1nc2cc(Br)c(C(F)(F)F)cc2n1COCC[Si](C)(C)C. The molecule has 3 rings (SSSR count). The Morgan fingerprint density at radius 3 is 2.50 bits per heavy atom. The summed E-state index contributed by atoms with van der Waals surface area (Å²) in [6.07, 6.45) is -3.58. The molecule has 1 amide bonds. The van der Waals surface area contributed by atoms with Gasteiger partial charge in [-0.3, -0.25) is 4.90 Å². The summed E-state index contributed by atoms with van der Waals surface area (Å²) in [7, 11) is -1.34. The van der Waals surface area contributed by atoms with Gasteiger partial charge >= 0.3 is 12.3 Å². The number of likely N-dealkylation sites (tertiary alicyclic amines) is 1. The predicted octanol–water partition coefficient (Wildman–Crippen LogP) is 7.20. The third kappa shape index (κ3) is 6.54. The van der Waals surface area contributed by atoms with E-state index in [0.29, 0.717) is 36.4 Å².